The number of nitrogens with two attached hydrogens (primary N) is 1. The summed E-state index contributed by atoms with van der Waals surface area (Å²) in [6.07, 6.45) is 3.89. The van der Waals surface area contributed by atoms with Crippen LogP contribution in [0.2, 0.25) is 0 Å². The second-order valence-corrected chi connectivity index (χ2v) is 8.51. The fourth-order valence-corrected chi connectivity index (χ4v) is 3.72. The van der Waals surface area contributed by atoms with Crippen molar-refractivity contribution in [2.75, 3.05) is 25.0 Å². The van der Waals surface area contributed by atoms with Crippen molar-refractivity contribution >= 4 is 17.6 Å². The molecule has 0 radical (unpaired) electrons. The number of urea groups is 1. The van der Waals surface area contributed by atoms with Gasteiger partial charge in [0.1, 0.15) is 11.6 Å². The van der Waals surface area contributed by atoms with Crippen molar-refractivity contribution in [2.24, 2.45) is 5.73 Å². The van der Waals surface area contributed by atoms with Crippen LogP contribution in [-0.4, -0.2) is 47.5 Å². The summed E-state index contributed by atoms with van der Waals surface area (Å²) in [4.78, 5) is 30.4. The monoisotopic (exact) mass is 505 g/mol. The molecule has 1 saturated heterocycles. The molecule has 0 saturated carbocycles. The summed E-state index contributed by atoms with van der Waals surface area (Å²) in [6, 6.07) is 10.1. The number of carbonyl (C=O) groups is 2. The van der Waals surface area contributed by atoms with Crippen LogP contribution in [0.4, 0.5) is 19.3 Å². The maximum atomic E-state index is 14.7. The minimum atomic E-state index is -0.828. The number of hydrogen-bond acceptors (Lipinski definition) is 6. The van der Waals surface area contributed by atoms with Gasteiger partial charge < -0.3 is 15.8 Å². The van der Waals surface area contributed by atoms with Gasteiger partial charge in [0, 0.05) is 49.3 Å². The molecule has 190 valence electrons. The third-order valence-corrected chi connectivity index (χ3v) is 5.56. The van der Waals surface area contributed by atoms with E-state index in [0.29, 0.717) is 23.4 Å². The molecule has 0 bridgehead atoms. The lowest BCUT2D eigenvalue weighted by atomic mass is 10.1. The number of hydrogen-bond donors (Lipinski definition) is 3. The number of rotatable bonds is 6. The molecule has 3 amide bonds. The molecule has 1 aromatic heterocycles. The Bertz CT molecular complexity index is 1340. The quantitative estimate of drug-likeness (QED) is 0.443. The second kappa shape index (κ2) is 12.1. The van der Waals surface area contributed by atoms with Crippen LogP contribution in [0.15, 0.2) is 60.9 Å². The lowest BCUT2D eigenvalue weighted by Gasteiger charge is -2.11. The van der Waals surface area contributed by atoms with E-state index in [1.165, 1.54) is 42.6 Å². The Morgan fingerprint density at radius 2 is 1.95 bits per heavy atom. The molecule has 0 aliphatic carbocycles. The standard InChI is InChI=1S/C27H25F2N5O3/c28-20-5-3-18(4-6-20)14-26(35)33-27(36)32-22-7-8-25(23(29)15-22)37-24-9-11-31-16-19(24)2-1-12-34-13-10-21(30)17-34/h3-9,11,15-16,21H,10,12-14,17,30H2,(H2,32,33,35,36). The molecule has 1 aliphatic rings. The normalized spacial score (nSPS) is 14.9. The van der Waals surface area contributed by atoms with Crippen molar-refractivity contribution in [3.8, 4) is 23.3 Å². The molecule has 10 heteroatoms. The molecular formula is C27H25F2N5O3. The van der Waals surface area contributed by atoms with Gasteiger partial charge in [0.05, 0.1) is 18.5 Å². The summed E-state index contributed by atoms with van der Waals surface area (Å²) in [5, 5.41) is 4.54. The summed E-state index contributed by atoms with van der Waals surface area (Å²) < 4.78 is 33.4. The van der Waals surface area contributed by atoms with Crippen molar-refractivity contribution in [1.82, 2.24) is 15.2 Å². The Hall–Kier alpha value is -4.33. The van der Waals surface area contributed by atoms with Crippen molar-refractivity contribution in [1.29, 1.82) is 0 Å². The summed E-state index contributed by atoms with van der Waals surface area (Å²) in [7, 11) is 0. The van der Waals surface area contributed by atoms with Crippen LogP contribution < -0.4 is 21.1 Å². The first-order chi connectivity index (χ1) is 17.9. The Labute approximate surface area is 212 Å². The number of imide groups is 1. The zero-order valence-corrected chi connectivity index (χ0v) is 19.8. The van der Waals surface area contributed by atoms with Gasteiger partial charge in [-0.15, -0.1) is 0 Å². The molecule has 2 aromatic carbocycles. The van der Waals surface area contributed by atoms with Gasteiger partial charge in [0.15, 0.2) is 11.6 Å². The van der Waals surface area contributed by atoms with Gasteiger partial charge in [-0.1, -0.05) is 24.0 Å². The smallest absolute Gasteiger partial charge is 0.325 e. The number of nitrogens with zero attached hydrogens (tertiary/aromatic N) is 2. The first-order valence-electron chi connectivity index (χ1n) is 11.6. The van der Waals surface area contributed by atoms with Crippen LogP contribution in [0.1, 0.15) is 17.5 Å². The Morgan fingerprint density at radius 1 is 1.14 bits per heavy atom. The van der Waals surface area contributed by atoms with Crippen LogP contribution in [0, 0.1) is 23.5 Å². The number of benzene rings is 2. The van der Waals surface area contributed by atoms with Gasteiger partial charge in [-0.25, -0.2) is 13.6 Å². The van der Waals surface area contributed by atoms with Crippen LogP contribution in [-0.2, 0) is 11.2 Å². The number of nitrogens with one attached hydrogen (secondary N) is 2. The van der Waals surface area contributed by atoms with Crippen molar-refractivity contribution in [2.45, 2.75) is 18.9 Å². The SMILES string of the molecule is NC1CCN(CC#Cc2cnccc2Oc2ccc(NC(=O)NC(=O)Cc3ccc(F)cc3)cc2F)C1. The third kappa shape index (κ3) is 7.57. The van der Waals surface area contributed by atoms with Gasteiger partial charge in [-0.3, -0.25) is 20.0 Å². The number of halogens is 2. The fraction of sp³-hybridized carbons (Fsp3) is 0.222. The Morgan fingerprint density at radius 3 is 2.68 bits per heavy atom. The van der Waals surface area contributed by atoms with Gasteiger partial charge in [0.2, 0.25) is 5.91 Å². The molecule has 1 atom stereocenters. The van der Waals surface area contributed by atoms with E-state index >= 15 is 0 Å². The fourth-order valence-electron chi connectivity index (χ4n) is 3.72. The molecule has 4 N–H and O–H groups in total. The van der Waals surface area contributed by atoms with E-state index in [-0.39, 0.29) is 23.9 Å². The predicted octanol–water partition coefficient (Wildman–Crippen LogP) is 3.43. The lowest BCUT2D eigenvalue weighted by Crippen LogP contribution is -2.35. The predicted molar refractivity (Wildman–Crippen MR) is 134 cm³/mol. The largest absolute Gasteiger partial charge is 0.453 e. The van der Waals surface area contributed by atoms with Crippen LogP contribution in [0.5, 0.6) is 11.5 Å². The molecule has 2 heterocycles. The van der Waals surface area contributed by atoms with Gasteiger partial charge in [0.25, 0.3) is 0 Å². The van der Waals surface area contributed by atoms with E-state index in [0.717, 1.165) is 25.6 Å². The topological polar surface area (TPSA) is 110 Å². The highest BCUT2D eigenvalue weighted by atomic mass is 19.1. The minimum Gasteiger partial charge on any atom is -0.453 e. The summed E-state index contributed by atoms with van der Waals surface area (Å²) in [5.41, 5.74) is 7.08. The van der Waals surface area contributed by atoms with Gasteiger partial charge in [-0.05, 0) is 36.2 Å². The minimum absolute atomic E-state index is 0.0712. The number of pyridine rings is 1. The van der Waals surface area contributed by atoms with E-state index in [9.17, 15) is 18.4 Å². The summed E-state index contributed by atoms with van der Waals surface area (Å²) in [6.45, 7) is 2.26. The average Bonchev–Trinajstić information content (AvgIpc) is 3.28. The molecule has 0 spiro atoms. The molecule has 37 heavy (non-hydrogen) atoms. The van der Waals surface area contributed by atoms with E-state index < -0.39 is 23.6 Å². The third-order valence-electron chi connectivity index (χ3n) is 5.56. The zero-order valence-electron chi connectivity index (χ0n) is 19.8. The number of anilines is 1. The van der Waals surface area contributed by atoms with Crippen molar-refractivity contribution in [3.05, 3.63) is 83.7 Å². The summed E-state index contributed by atoms with van der Waals surface area (Å²) in [5.74, 6) is 4.61. The molecule has 8 nitrogen and oxygen atoms in total. The summed E-state index contributed by atoms with van der Waals surface area (Å²) >= 11 is 0. The van der Waals surface area contributed by atoms with E-state index in [1.54, 1.807) is 12.3 Å². The van der Waals surface area contributed by atoms with E-state index in [1.807, 2.05) is 0 Å². The second-order valence-electron chi connectivity index (χ2n) is 8.51. The van der Waals surface area contributed by atoms with Crippen LogP contribution >= 0.6 is 0 Å². The highest BCUT2D eigenvalue weighted by Gasteiger charge is 2.17. The van der Waals surface area contributed by atoms with Gasteiger partial charge >= 0.3 is 6.03 Å². The molecule has 1 aliphatic heterocycles. The average molecular weight is 506 g/mol. The first-order valence-corrected chi connectivity index (χ1v) is 11.6. The van der Waals surface area contributed by atoms with E-state index in [2.05, 4.69) is 32.4 Å². The zero-order chi connectivity index (χ0) is 26.2. The molecule has 3 aromatic rings. The number of likely N-dealkylation sites (tertiary alicyclic amines) is 1. The molecular weight excluding hydrogens is 480 g/mol. The highest BCUT2D eigenvalue weighted by molar-refractivity contribution is 6.01. The number of carbonyl (C=O) groups excluding carboxylic acids is 2. The van der Waals surface area contributed by atoms with Crippen LogP contribution in [0.25, 0.3) is 0 Å². The molecule has 1 unspecified atom stereocenters. The van der Waals surface area contributed by atoms with Crippen molar-refractivity contribution < 1.29 is 23.1 Å². The van der Waals surface area contributed by atoms with Gasteiger partial charge in [-0.2, -0.15) is 0 Å². The first kappa shape index (κ1) is 25.8. The maximum Gasteiger partial charge on any atom is 0.325 e. The molecule has 1 fully saturated rings. The van der Waals surface area contributed by atoms with Crippen LogP contribution in [0.3, 0.4) is 0 Å². The number of amides is 3. The molecule has 4 rings (SSSR count). The Balaban J connectivity index is 1.34. The number of aromatic nitrogens is 1. The van der Waals surface area contributed by atoms with Crippen molar-refractivity contribution in [3.63, 3.8) is 0 Å². The van der Waals surface area contributed by atoms with E-state index in [4.69, 9.17) is 10.5 Å². The lowest BCUT2D eigenvalue weighted by molar-refractivity contribution is -0.119. The number of ether oxygens (including phenoxy) is 1. The maximum absolute atomic E-state index is 14.7. The highest BCUT2D eigenvalue weighted by Crippen LogP contribution is 2.28. The Kier molecular flexibility index (Phi) is 8.40.